The van der Waals surface area contributed by atoms with Crippen LogP contribution < -0.4 is 16.4 Å². The van der Waals surface area contributed by atoms with E-state index in [0.717, 1.165) is 6.07 Å². The van der Waals surface area contributed by atoms with E-state index in [1.165, 1.54) is 24.4 Å². The minimum absolute atomic E-state index is 0.0195. The van der Waals surface area contributed by atoms with E-state index in [1.807, 2.05) is 0 Å². The van der Waals surface area contributed by atoms with Crippen LogP contribution in [0.4, 0.5) is 24.5 Å². The monoisotopic (exact) mass is 448 g/mol. The zero-order valence-electron chi connectivity index (χ0n) is 14.9. The number of amides is 1. The predicted molar refractivity (Wildman–Crippen MR) is 103 cm³/mol. The van der Waals surface area contributed by atoms with E-state index in [9.17, 15) is 18.0 Å². The van der Waals surface area contributed by atoms with Gasteiger partial charge < -0.3 is 21.1 Å². The molecule has 1 aliphatic rings. The van der Waals surface area contributed by atoms with Crippen LogP contribution in [0, 0.1) is 0 Å². The number of benzene rings is 1. The highest BCUT2D eigenvalue weighted by atomic mass is 35.5. The van der Waals surface area contributed by atoms with Gasteiger partial charge in [-0.1, -0.05) is 23.2 Å². The maximum atomic E-state index is 13.2. The van der Waals surface area contributed by atoms with Gasteiger partial charge in [-0.2, -0.15) is 13.2 Å². The lowest BCUT2D eigenvalue weighted by molar-refractivity contribution is -0.137. The predicted octanol–water partition coefficient (Wildman–Crippen LogP) is 3.88. The molecule has 1 aromatic heterocycles. The quantitative estimate of drug-likeness (QED) is 0.645. The van der Waals surface area contributed by atoms with Crippen molar-refractivity contribution < 1.29 is 22.7 Å². The number of nitrogens with one attached hydrogen (secondary N) is 2. The normalized spacial score (nSPS) is 19.2. The first kappa shape index (κ1) is 21.6. The standard InChI is InChI=1S/C18H17Cl2F3N4O2/c19-10-1-2-14(12(5-10)18(21,22)23)27-11-6-13(20)15(25-7-11)8-26-16(28)17(24)3-4-29-9-17/h1-2,5-7,27H,3-4,8-9,24H2,(H,26,28). The lowest BCUT2D eigenvalue weighted by Gasteiger charge is -2.20. The molecular formula is C18H17Cl2F3N4O2. The number of rotatable bonds is 5. The number of anilines is 2. The van der Waals surface area contributed by atoms with Crippen molar-refractivity contribution in [1.29, 1.82) is 0 Å². The zero-order valence-corrected chi connectivity index (χ0v) is 16.5. The molecule has 0 aliphatic carbocycles. The molecule has 11 heteroatoms. The summed E-state index contributed by atoms with van der Waals surface area (Å²) in [5, 5.41) is 5.43. The molecule has 3 rings (SSSR count). The van der Waals surface area contributed by atoms with Gasteiger partial charge in [0.15, 0.2) is 0 Å². The van der Waals surface area contributed by atoms with E-state index < -0.39 is 17.3 Å². The number of aromatic nitrogens is 1. The number of nitrogens with two attached hydrogens (primary N) is 1. The number of ether oxygens (including phenoxy) is 1. The van der Waals surface area contributed by atoms with Crippen molar-refractivity contribution in [3.63, 3.8) is 0 Å². The number of halogens is 5. The minimum Gasteiger partial charge on any atom is -0.379 e. The molecule has 1 amide bonds. The van der Waals surface area contributed by atoms with Crippen molar-refractivity contribution in [1.82, 2.24) is 10.3 Å². The number of alkyl halides is 3. The Balaban J connectivity index is 1.71. The molecule has 1 unspecified atom stereocenters. The average molecular weight is 449 g/mol. The van der Waals surface area contributed by atoms with Gasteiger partial charge in [-0.15, -0.1) is 0 Å². The second-order valence-corrected chi connectivity index (χ2v) is 7.45. The van der Waals surface area contributed by atoms with Crippen molar-refractivity contribution >= 4 is 40.5 Å². The second kappa shape index (κ2) is 8.35. The third kappa shape index (κ3) is 5.11. The summed E-state index contributed by atoms with van der Waals surface area (Å²) in [6.07, 6.45) is -2.86. The molecular weight excluding hydrogens is 432 g/mol. The third-order valence-electron chi connectivity index (χ3n) is 4.40. The zero-order chi connectivity index (χ0) is 21.2. The SMILES string of the molecule is NC1(C(=O)NCc2ncc(Nc3ccc(Cl)cc3C(F)(F)F)cc2Cl)CCOC1. The summed E-state index contributed by atoms with van der Waals surface area (Å²) in [5.41, 5.74) is 4.38. The molecule has 1 aliphatic heterocycles. The summed E-state index contributed by atoms with van der Waals surface area (Å²) in [7, 11) is 0. The Morgan fingerprint density at radius 2 is 2.07 bits per heavy atom. The Morgan fingerprint density at radius 3 is 2.69 bits per heavy atom. The van der Waals surface area contributed by atoms with Crippen LogP contribution >= 0.6 is 23.2 Å². The van der Waals surface area contributed by atoms with Gasteiger partial charge in [0.1, 0.15) is 5.54 Å². The number of carbonyl (C=O) groups is 1. The van der Waals surface area contributed by atoms with Gasteiger partial charge in [-0.25, -0.2) is 0 Å². The highest BCUT2D eigenvalue weighted by molar-refractivity contribution is 6.31. The third-order valence-corrected chi connectivity index (χ3v) is 4.97. The van der Waals surface area contributed by atoms with Crippen molar-refractivity contribution in [3.8, 4) is 0 Å². The maximum Gasteiger partial charge on any atom is 0.418 e. The van der Waals surface area contributed by atoms with Gasteiger partial charge in [-0.05, 0) is 30.7 Å². The topological polar surface area (TPSA) is 89.3 Å². The lowest BCUT2D eigenvalue weighted by atomic mass is 9.99. The highest BCUT2D eigenvalue weighted by Gasteiger charge is 2.38. The molecule has 29 heavy (non-hydrogen) atoms. The fourth-order valence-electron chi connectivity index (χ4n) is 2.78. The Kier molecular flexibility index (Phi) is 6.23. The van der Waals surface area contributed by atoms with E-state index in [1.54, 1.807) is 0 Å². The molecule has 1 aromatic carbocycles. The van der Waals surface area contributed by atoms with Gasteiger partial charge in [0.2, 0.25) is 5.91 Å². The number of hydrogen-bond donors (Lipinski definition) is 3. The molecule has 0 bridgehead atoms. The lowest BCUT2D eigenvalue weighted by Crippen LogP contribution is -2.54. The van der Waals surface area contributed by atoms with E-state index in [-0.39, 0.29) is 40.5 Å². The number of hydrogen-bond acceptors (Lipinski definition) is 5. The molecule has 2 heterocycles. The summed E-state index contributed by atoms with van der Waals surface area (Å²) in [4.78, 5) is 16.3. The van der Waals surface area contributed by atoms with Crippen LogP contribution in [-0.4, -0.2) is 29.6 Å². The van der Waals surface area contributed by atoms with E-state index in [4.69, 9.17) is 33.7 Å². The first-order valence-corrected chi connectivity index (χ1v) is 9.27. The Morgan fingerprint density at radius 1 is 1.31 bits per heavy atom. The fraction of sp³-hybridized carbons (Fsp3) is 0.333. The van der Waals surface area contributed by atoms with Crippen molar-refractivity contribution in [2.75, 3.05) is 18.5 Å². The maximum absolute atomic E-state index is 13.2. The van der Waals surface area contributed by atoms with Gasteiger partial charge in [-0.3, -0.25) is 9.78 Å². The summed E-state index contributed by atoms with van der Waals surface area (Å²) in [6, 6.07) is 4.81. The molecule has 6 nitrogen and oxygen atoms in total. The van der Waals surface area contributed by atoms with Gasteiger partial charge >= 0.3 is 6.18 Å². The average Bonchev–Trinajstić information content (AvgIpc) is 3.09. The first-order valence-electron chi connectivity index (χ1n) is 8.52. The number of nitrogens with zero attached hydrogens (tertiary/aromatic N) is 1. The van der Waals surface area contributed by atoms with Crippen LogP contribution in [0.25, 0.3) is 0 Å². The number of carbonyl (C=O) groups excluding carboxylic acids is 1. The van der Waals surface area contributed by atoms with Gasteiger partial charge in [0.05, 0.1) is 47.0 Å². The molecule has 1 fully saturated rings. The highest BCUT2D eigenvalue weighted by Crippen LogP contribution is 2.37. The van der Waals surface area contributed by atoms with Crippen LogP contribution in [-0.2, 0) is 22.3 Å². The Hall–Kier alpha value is -2.07. The summed E-state index contributed by atoms with van der Waals surface area (Å²) < 4.78 is 44.8. The largest absolute Gasteiger partial charge is 0.418 e. The van der Waals surface area contributed by atoms with E-state index in [2.05, 4.69) is 15.6 Å². The first-order chi connectivity index (χ1) is 13.6. The molecule has 1 atom stereocenters. The summed E-state index contributed by atoms with van der Waals surface area (Å²) in [5.74, 6) is -0.383. The molecule has 0 radical (unpaired) electrons. The number of pyridine rings is 1. The van der Waals surface area contributed by atoms with Crippen LogP contribution in [0.2, 0.25) is 10.0 Å². The van der Waals surface area contributed by atoms with Crippen LogP contribution in [0.1, 0.15) is 17.7 Å². The van der Waals surface area contributed by atoms with E-state index >= 15 is 0 Å². The molecule has 2 aromatic rings. The smallest absolute Gasteiger partial charge is 0.379 e. The minimum atomic E-state index is -4.59. The van der Waals surface area contributed by atoms with Crippen molar-refractivity contribution in [3.05, 3.63) is 51.8 Å². The summed E-state index contributed by atoms with van der Waals surface area (Å²) >= 11 is 11.9. The fourth-order valence-corrected chi connectivity index (χ4v) is 3.19. The van der Waals surface area contributed by atoms with Crippen molar-refractivity contribution in [2.45, 2.75) is 24.7 Å². The molecule has 0 spiro atoms. The van der Waals surface area contributed by atoms with Crippen LogP contribution in [0.5, 0.6) is 0 Å². The van der Waals surface area contributed by atoms with Crippen LogP contribution in [0.3, 0.4) is 0 Å². The molecule has 0 saturated carbocycles. The Bertz CT molecular complexity index is 918. The van der Waals surface area contributed by atoms with Gasteiger partial charge in [0, 0.05) is 11.6 Å². The molecule has 156 valence electrons. The van der Waals surface area contributed by atoms with E-state index in [0.29, 0.717) is 18.7 Å². The van der Waals surface area contributed by atoms with Gasteiger partial charge in [0.25, 0.3) is 0 Å². The molecule has 4 N–H and O–H groups in total. The van der Waals surface area contributed by atoms with Crippen molar-refractivity contribution in [2.24, 2.45) is 5.73 Å². The van der Waals surface area contributed by atoms with Crippen LogP contribution in [0.15, 0.2) is 30.5 Å². The summed E-state index contributed by atoms with van der Waals surface area (Å²) in [6.45, 7) is 0.561. The second-order valence-electron chi connectivity index (χ2n) is 6.61. The molecule has 1 saturated heterocycles. The Labute approximate surface area is 174 Å².